The van der Waals surface area contributed by atoms with Crippen molar-refractivity contribution in [3.8, 4) is 0 Å². The summed E-state index contributed by atoms with van der Waals surface area (Å²) >= 11 is 0. The lowest BCUT2D eigenvalue weighted by molar-refractivity contribution is -0.137. The van der Waals surface area contributed by atoms with E-state index in [9.17, 15) is 9.59 Å². The Balaban J connectivity index is 2.35. The van der Waals surface area contributed by atoms with Crippen LogP contribution < -0.4 is 10.6 Å². The molecule has 1 aliphatic heterocycles. The Morgan fingerprint density at radius 3 is 2.43 bits per heavy atom. The minimum atomic E-state index is -0.739. The Hall–Kier alpha value is -1.10. The molecule has 0 aromatic carbocycles. The smallest absolute Gasteiger partial charge is 0.303 e. The van der Waals surface area contributed by atoms with Gasteiger partial charge in [0.15, 0.2) is 0 Å². The van der Waals surface area contributed by atoms with E-state index in [1.54, 1.807) is 0 Å². The standard InChI is InChI=1S/C16H30N2O3/c1-3-13(5-6-14(19)20)7-10-18-15(21)16(4-2)8-11-17-12-9-16/h13,17H,3-12H2,1-2H3,(H,18,21)(H,19,20). The second-order valence-corrected chi connectivity index (χ2v) is 6.14. The monoisotopic (exact) mass is 298 g/mol. The van der Waals surface area contributed by atoms with Crippen LogP contribution >= 0.6 is 0 Å². The highest BCUT2D eigenvalue weighted by Crippen LogP contribution is 2.32. The second kappa shape index (κ2) is 9.03. The number of hydrogen-bond donors (Lipinski definition) is 3. The molecule has 1 heterocycles. The molecule has 0 spiro atoms. The average Bonchev–Trinajstić information content (AvgIpc) is 2.50. The van der Waals surface area contributed by atoms with Crippen molar-refractivity contribution in [2.24, 2.45) is 11.3 Å². The van der Waals surface area contributed by atoms with Gasteiger partial charge in [-0.15, -0.1) is 0 Å². The summed E-state index contributed by atoms with van der Waals surface area (Å²) in [5.74, 6) is -0.177. The first-order valence-electron chi connectivity index (χ1n) is 8.25. The quantitative estimate of drug-likeness (QED) is 0.609. The molecular weight excluding hydrogens is 268 g/mol. The first kappa shape index (κ1) is 18.0. The average molecular weight is 298 g/mol. The van der Waals surface area contributed by atoms with Crippen molar-refractivity contribution in [3.05, 3.63) is 0 Å². The minimum Gasteiger partial charge on any atom is -0.481 e. The molecule has 0 saturated carbocycles. The van der Waals surface area contributed by atoms with Gasteiger partial charge in [0, 0.05) is 13.0 Å². The van der Waals surface area contributed by atoms with Crippen LogP contribution in [-0.2, 0) is 9.59 Å². The molecule has 1 unspecified atom stereocenters. The zero-order valence-electron chi connectivity index (χ0n) is 13.4. The summed E-state index contributed by atoms with van der Waals surface area (Å²) in [6, 6.07) is 0. The molecule has 5 heteroatoms. The Labute approximate surface area is 127 Å². The molecule has 1 saturated heterocycles. The lowest BCUT2D eigenvalue weighted by Gasteiger charge is -2.35. The van der Waals surface area contributed by atoms with Crippen molar-refractivity contribution >= 4 is 11.9 Å². The molecular formula is C16H30N2O3. The van der Waals surface area contributed by atoms with Crippen LogP contribution in [0.1, 0.15) is 58.8 Å². The van der Waals surface area contributed by atoms with Crippen LogP contribution in [0, 0.1) is 11.3 Å². The van der Waals surface area contributed by atoms with Crippen molar-refractivity contribution in [1.29, 1.82) is 0 Å². The third-order valence-corrected chi connectivity index (χ3v) is 4.90. The summed E-state index contributed by atoms with van der Waals surface area (Å²) < 4.78 is 0. The van der Waals surface area contributed by atoms with Crippen LogP contribution in [0.2, 0.25) is 0 Å². The summed E-state index contributed by atoms with van der Waals surface area (Å²) in [5, 5.41) is 15.1. The van der Waals surface area contributed by atoms with Gasteiger partial charge < -0.3 is 15.7 Å². The zero-order chi connectivity index (χ0) is 15.7. The number of hydrogen-bond acceptors (Lipinski definition) is 3. The highest BCUT2D eigenvalue weighted by molar-refractivity contribution is 5.82. The van der Waals surface area contributed by atoms with Gasteiger partial charge in [0.25, 0.3) is 0 Å². The van der Waals surface area contributed by atoms with Crippen LogP contribution in [-0.4, -0.2) is 36.6 Å². The Kier molecular flexibility index (Phi) is 7.72. The molecule has 0 bridgehead atoms. The van der Waals surface area contributed by atoms with Crippen LogP contribution in [0.25, 0.3) is 0 Å². The van der Waals surface area contributed by atoms with Gasteiger partial charge in [0.1, 0.15) is 0 Å². The first-order chi connectivity index (χ1) is 10.0. The van der Waals surface area contributed by atoms with Gasteiger partial charge in [-0.1, -0.05) is 20.3 Å². The van der Waals surface area contributed by atoms with Crippen molar-refractivity contribution in [3.63, 3.8) is 0 Å². The fourth-order valence-corrected chi connectivity index (χ4v) is 3.10. The van der Waals surface area contributed by atoms with Gasteiger partial charge in [-0.25, -0.2) is 0 Å². The summed E-state index contributed by atoms with van der Waals surface area (Å²) in [6.45, 7) is 6.66. The van der Waals surface area contributed by atoms with Gasteiger partial charge in [0.05, 0.1) is 5.41 Å². The van der Waals surface area contributed by atoms with Crippen LogP contribution in [0.15, 0.2) is 0 Å². The van der Waals surface area contributed by atoms with Gasteiger partial charge >= 0.3 is 5.97 Å². The number of piperidine rings is 1. The van der Waals surface area contributed by atoms with Gasteiger partial charge in [0.2, 0.25) is 5.91 Å². The SMILES string of the molecule is CCC(CCNC(=O)C1(CC)CCNCC1)CCC(=O)O. The molecule has 1 amide bonds. The van der Waals surface area contributed by atoms with Crippen molar-refractivity contribution in [2.45, 2.75) is 58.8 Å². The number of carbonyl (C=O) groups excluding carboxylic acids is 1. The zero-order valence-corrected chi connectivity index (χ0v) is 13.4. The van der Waals surface area contributed by atoms with Crippen LogP contribution in [0.3, 0.4) is 0 Å². The molecule has 3 N–H and O–H groups in total. The maximum Gasteiger partial charge on any atom is 0.303 e. The molecule has 1 atom stereocenters. The second-order valence-electron chi connectivity index (χ2n) is 6.14. The maximum absolute atomic E-state index is 12.5. The number of carbonyl (C=O) groups is 2. The number of aliphatic carboxylic acids is 1. The van der Waals surface area contributed by atoms with E-state index in [0.717, 1.165) is 45.2 Å². The van der Waals surface area contributed by atoms with E-state index in [-0.39, 0.29) is 17.7 Å². The fourth-order valence-electron chi connectivity index (χ4n) is 3.10. The third kappa shape index (κ3) is 5.65. The van der Waals surface area contributed by atoms with Gasteiger partial charge in [-0.05, 0) is 51.1 Å². The Bertz CT molecular complexity index is 338. The predicted molar refractivity (Wildman–Crippen MR) is 83.1 cm³/mol. The summed E-state index contributed by atoms with van der Waals surface area (Å²) in [7, 11) is 0. The van der Waals surface area contributed by atoms with Crippen LogP contribution in [0.4, 0.5) is 0 Å². The normalized spacial score (nSPS) is 19.0. The van der Waals surface area contributed by atoms with E-state index in [1.165, 1.54) is 0 Å². The Morgan fingerprint density at radius 1 is 1.24 bits per heavy atom. The van der Waals surface area contributed by atoms with E-state index < -0.39 is 5.97 Å². The van der Waals surface area contributed by atoms with E-state index in [4.69, 9.17) is 5.11 Å². The van der Waals surface area contributed by atoms with E-state index in [2.05, 4.69) is 24.5 Å². The van der Waals surface area contributed by atoms with Gasteiger partial charge in [-0.3, -0.25) is 9.59 Å². The number of rotatable bonds is 9. The molecule has 1 aliphatic rings. The molecule has 0 aromatic rings. The van der Waals surface area contributed by atoms with Crippen molar-refractivity contribution < 1.29 is 14.7 Å². The molecule has 1 rings (SSSR count). The van der Waals surface area contributed by atoms with Crippen LogP contribution in [0.5, 0.6) is 0 Å². The molecule has 21 heavy (non-hydrogen) atoms. The predicted octanol–water partition coefficient (Wildman–Crippen LogP) is 2.16. The fraction of sp³-hybridized carbons (Fsp3) is 0.875. The molecule has 1 fully saturated rings. The topological polar surface area (TPSA) is 78.4 Å². The lowest BCUT2D eigenvalue weighted by Crippen LogP contribution is -2.47. The summed E-state index contributed by atoms with van der Waals surface area (Å²) in [4.78, 5) is 23.1. The highest BCUT2D eigenvalue weighted by atomic mass is 16.4. The minimum absolute atomic E-state index is 0.180. The van der Waals surface area contributed by atoms with E-state index >= 15 is 0 Å². The maximum atomic E-state index is 12.5. The number of amides is 1. The number of carboxylic acid groups (broad SMARTS) is 1. The molecule has 0 aromatic heterocycles. The summed E-state index contributed by atoms with van der Waals surface area (Å²) in [6.07, 6.45) is 5.45. The molecule has 0 radical (unpaired) electrons. The van der Waals surface area contributed by atoms with E-state index in [0.29, 0.717) is 18.9 Å². The molecule has 122 valence electrons. The largest absolute Gasteiger partial charge is 0.481 e. The highest BCUT2D eigenvalue weighted by Gasteiger charge is 2.37. The third-order valence-electron chi connectivity index (χ3n) is 4.90. The van der Waals surface area contributed by atoms with E-state index in [1.807, 2.05) is 0 Å². The molecule has 0 aliphatic carbocycles. The number of carboxylic acids is 1. The lowest BCUT2D eigenvalue weighted by atomic mass is 9.76. The number of nitrogens with one attached hydrogen (secondary N) is 2. The first-order valence-corrected chi connectivity index (χ1v) is 8.25. The van der Waals surface area contributed by atoms with Gasteiger partial charge in [-0.2, -0.15) is 0 Å². The van der Waals surface area contributed by atoms with Crippen molar-refractivity contribution in [1.82, 2.24) is 10.6 Å². The molecule has 5 nitrogen and oxygen atoms in total. The summed E-state index contributed by atoms with van der Waals surface area (Å²) in [5.41, 5.74) is -0.200. The Morgan fingerprint density at radius 2 is 1.90 bits per heavy atom. The van der Waals surface area contributed by atoms with Crippen molar-refractivity contribution in [2.75, 3.05) is 19.6 Å².